The largest absolute Gasteiger partial charge is 0.358 e. The summed E-state index contributed by atoms with van der Waals surface area (Å²) in [5.74, 6) is 0.510. The summed E-state index contributed by atoms with van der Waals surface area (Å²) in [7, 11) is 1.56. The van der Waals surface area contributed by atoms with Crippen molar-refractivity contribution in [3.8, 4) is 0 Å². The summed E-state index contributed by atoms with van der Waals surface area (Å²) in [6, 6.07) is 17.9. The molecule has 2 aromatic rings. The first kappa shape index (κ1) is 18.0. The van der Waals surface area contributed by atoms with E-state index in [-0.39, 0.29) is 24.9 Å². The van der Waals surface area contributed by atoms with Crippen molar-refractivity contribution in [1.82, 2.24) is 10.6 Å². The average Bonchev–Trinajstić information content (AvgIpc) is 2.61. The molecule has 0 spiro atoms. The molecule has 0 aliphatic rings. The van der Waals surface area contributed by atoms with Gasteiger partial charge in [0.1, 0.15) is 0 Å². The summed E-state index contributed by atoms with van der Waals surface area (Å²) in [4.78, 5) is 24.1. The van der Waals surface area contributed by atoms with Gasteiger partial charge in [-0.3, -0.25) is 14.9 Å². The maximum absolute atomic E-state index is 12.0. The Kier molecular flexibility index (Phi) is 7.32. The number of carbonyl (C=O) groups excluding carboxylic acids is 2. The van der Waals surface area contributed by atoms with Crippen LogP contribution in [0.15, 0.2) is 59.5 Å². The van der Waals surface area contributed by atoms with Crippen LogP contribution in [0.1, 0.15) is 5.56 Å². The first-order valence-electron chi connectivity index (χ1n) is 7.66. The molecule has 0 fully saturated rings. The smallest absolute Gasteiger partial charge is 0.238 e. The normalized spacial score (nSPS) is 10.2. The van der Waals surface area contributed by atoms with E-state index in [9.17, 15) is 9.59 Å². The van der Waals surface area contributed by atoms with Gasteiger partial charge in [-0.2, -0.15) is 0 Å². The zero-order chi connectivity index (χ0) is 17.2. The fourth-order valence-corrected chi connectivity index (χ4v) is 2.97. The highest BCUT2D eigenvalue weighted by molar-refractivity contribution is 7.98. The van der Waals surface area contributed by atoms with Crippen molar-refractivity contribution in [3.63, 3.8) is 0 Å². The van der Waals surface area contributed by atoms with Gasteiger partial charge in [-0.25, -0.2) is 0 Å². The second-order valence-electron chi connectivity index (χ2n) is 5.10. The SMILES string of the molecule is CNC(=O)CNCC(=O)Nc1ccccc1SCc1ccccc1. The Hall–Kier alpha value is -2.31. The third kappa shape index (κ3) is 6.06. The Bertz CT molecular complexity index is 677. The number of hydrogen-bond acceptors (Lipinski definition) is 4. The predicted octanol–water partition coefficient (Wildman–Crippen LogP) is 2.25. The first-order chi connectivity index (χ1) is 11.7. The second kappa shape index (κ2) is 9.75. The fourth-order valence-electron chi connectivity index (χ4n) is 2.00. The highest BCUT2D eigenvalue weighted by atomic mass is 32.2. The van der Waals surface area contributed by atoms with E-state index < -0.39 is 0 Å². The molecule has 0 saturated heterocycles. The summed E-state index contributed by atoms with van der Waals surface area (Å²) in [6.07, 6.45) is 0. The number of amides is 2. The molecule has 0 aromatic heterocycles. The number of hydrogen-bond donors (Lipinski definition) is 3. The Morgan fingerprint density at radius 3 is 2.33 bits per heavy atom. The van der Waals surface area contributed by atoms with Crippen molar-refractivity contribution in [2.75, 3.05) is 25.5 Å². The number of rotatable bonds is 8. The minimum atomic E-state index is -0.174. The lowest BCUT2D eigenvalue weighted by atomic mass is 10.2. The van der Waals surface area contributed by atoms with Crippen LogP contribution in [-0.4, -0.2) is 32.0 Å². The zero-order valence-electron chi connectivity index (χ0n) is 13.5. The Morgan fingerprint density at radius 2 is 1.58 bits per heavy atom. The second-order valence-corrected chi connectivity index (χ2v) is 6.11. The summed E-state index contributed by atoms with van der Waals surface area (Å²) in [5, 5.41) is 8.18. The van der Waals surface area contributed by atoms with E-state index in [1.165, 1.54) is 5.56 Å². The maximum atomic E-state index is 12.0. The van der Waals surface area contributed by atoms with Crippen LogP contribution in [0.3, 0.4) is 0 Å². The topological polar surface area (TPSA) is 70.2 Å². The molecule has 0 aliphatic heterocycles. The molecule has 2 aromatic carbocycles. The highest BCUT2D eigenvalue weighted by Gasteiger charge is 2.08. The van der Waals surface area contributed by atoms with Gasteiger partial charge >= 0.3 is 0 Å². The fraction of sp³-hybridized carbons (Fsp3) is 0.222. The standard InChI is InChI=1S/C18H21N3O2S/c1-19-17(22)11-20-12-18(23)21-15-9-5-6-10-16(15)24-13-14-7-3-2-4-8-14/h2-10,20H,11-13H2,1H3,(H,19,22)(H,21,23). The molecule has 3 N–H and O–H groups in total. The van der Waals surface area contributed by atoms with Crippen molar-refractivity contribution in [3.05, 3.63) is 60.2 Å². The highest BCUT2D eigenvalue weighted by Crippen LogP contribution is 2.29. The molecule has 0 heterocycles. The van der Waals surface area contributed by atoms with Crippen LogP contribution in [0, 0.1) is 0 Å². The molecule has 24 heavy (non-hydrogen) atoms. The summed E-state index contributed by atoms with van der Waals surface area (Å²) < 4.78 is 0. The van der Waals surface area contributed by atoms with Gasteiger partial charge in [-0.1, -0.05) is 42.5 Å². The van der Waals surface area contributed by atoms with Gasteiger partial charge < -0.3 is 10.6 Å². The number of anilines is 1. The van der Waals surface area contributed by atoms with E-state index in [2.05, 4.69) is 28.1 Å². The number of benzene rings is 2. The van der Waals surface area contributed by atoms with E-state index in [0.717, 1.165) is 16.3 Å². The van der Waals surface area contributed by atoms with Crippen molar-refractivity contribution in [1.29, 1.82) is 0 Å². The molecule has 2 rings (SSSR count). The monoisotopic (exact) mass is 343 g/mol. The quantitative estimate of drug-likeness (QED) is 0.643. The van der Waals surface area contributed by atoms with Crippen molar-refractivity contribution in [2.24, 2.45) is 0 Å². The summed E-state index contributed by atoms with van der Waals surface area (Å²) >= 11 is 1.68. The van der Waals surface area contributed by atoms with Crippen LogP contribution < -0.4 is 16.0 Å². The lowest BCUT2D eigenvalue weighted by Gasteiger charge is -2.11. The van der Waals surface area contributed by atoms with Gasteiger partial charge in [-0.05, 0) is 17.7 Å². The van der Waals surface area contributed by atoms with Gasteiger partial charge in [0.2, 0.25) is 11.8 Å². The Balaban J connectivity index is 1.88. The third-order valence-corrected chi connectivity index (χ3v) is 4.39. The average molecular weight is 343 g/mol. The van der Waals surface area contributed by atoms with Gasteiger partial charge in [0, 0.05) is 17.7 Å². The first-order valence-corrected chi connectivity index (χ1v) is 8.64. The molecule has 126 valence electrons. The summed E-state index contributed by atoms with van der Waals surface area (Å²) in [6.45, 7) is 0.208. The molecular formula is C18H21N3O2S. The maximum Gasteiger partial charge on any atom is 0.238 e. The van der Waals surface area contributed by atoms with Crippen LogP contribution in [0.5, 0.6) is 0 Å². The molecule has 0 saturated carbocycles. The van der Waals surface area contributed by atoms with Crippen LogP contribution in [0.2, 0.25) is 0 Å². The molecule has 6 heteroatoms. The zero-order valence-corrected chi connectivity index (χ0v) is 14.4. The minimum Gasteiger partial charge on any atom is -0.358 e. The number of para-hydroxylation sites is 1. The molecule has 0 atom stereocenters. The van der Waals surface area contributed by atoms with Crippen LogP contribution >= 0.6 is 11.8 Å². The minimum absolute atomic E-state index is 0.0884. The molecule has 0 radical (unpaired) electrons. The van der Waals surface area contributed by atoms with E-state index >= 15 is 0 Å². The number of nitrogens with one attached hydrogen (secondary N) is 3. The molecule has 5 nitrogen and oxygen atoms in total. The van der Waals surface area contributed by atoms with Crippen LogP contribution in [0.4, 0.5) is 5.69 Å². The molecule has 0 unspecified atom stereocenters. The molecule has 0 bridgehead atoms. The predicted molar refractivity (Wildman–Crippen MR) is 98.0 cm³/mol. The van der Waals surface area contributed by atoms with E-state index in [1.807, 2.05) is 42.5 Å². The molecule has 0 aliphatic carbocycles. The van der Waals surface area contributed by atoms with Gasteiger partial charge in [0.25, 0.3) is 0 Å². The van der Waals surface area contributed by atoms with Crippen molar-refractivity contribution >= 4 is 29.3 Å². The third-order valence-electron chi connectivity index (χ3n) is 3.25. The lowest BCUT2D eigenvalue weighted by Crippen LogP contribution is -2.36. The lowest BCUT2D eigenvalue weighted by molar-refractivity contribution is -0.119. The van der Waals surface area contributed by atoms with Crippen LogP contribution in [-0.2, 0) is 15.3 Å². The molecular weight excluding hydrogens is 322 g/mol. The number of carbonyl (C=O) groups is 2. The van der Waals surface area contributed by atoms with Gasteiger partial charge in [-0.15, -0.1) is 11.8 Å². The van der Waals surface area contributed by atoms with Gasteiger partial charge in [0.05, 0.1) is 18.8 Å². The Morgan fingerprint density at radius 1 is 0.917 bits per heavy atom. The van der Waals surface area contributed by atoms with E-state index in [1.54, 1.807) is 18.8 Å². The summed E-state index contributed by atoms with van der Waals surface area (Å²) in [5.41, 5.74) is 2.01. The van der Waals surface area contributed by atoms with Crippen molar-refractivity contribution < 1.29 is 9.59 Å². The van der Waals surface area contributed by atoms with E-state index in [0.29, 0.717) is 0 Å². The van der Waals surface area contributed by atoms with Crippen molar-refractivity contribution in [2.45, 2.75) is 10.6 Å². The van der Waals surface area contributed by atoms with Crippen LogP contribution in [0.25, 0.3) is 0 Å². The molecule has 2 amide bonds. The van der Waals surface area contributed by atoms with E-state index in [4.69, 9.17) is 0 Å². The number of likely N-dealkylation sites (N-methyl/N-ethyl adjacent to an activating group) is 1. The number of thioether (sulfide) groups is 1. The Labute approximate surface area is 146 Å². The van der Waals surface area contributed by atoms with Gasteiger partial charge in [0.15, 0.2) is 0 Å².